The van der Waals surface area contributed by atoms with Crippen molar-refractivity contribution in [2.45, 2.75) is 24.8 Å². The lowest BCUT2D eigenvalue weighted by molar-refractivity contribution is 0.0826. The van der Waals surface area contributed by atoms with Crippen molar-refractivity contribution in [3.8, 4) is 0 Å². The fourth-order valence-electron chi connectivity index (χ4n) is 1.65. The van der Waals surface area contributed by atoms with Gasteiger partial charge in [-0.05, 0) is 37.1 Å². The molecule has 1 aromatic carbocycles. The molecule has 0 bridgehead atoms. The number of hydrogen-bond acceptors (Lipinski definition) is 4. The average molecular weight is 308 g/mol. The Kier molecular flexibility index (Phi) is 5.34. The van der Waals surface area contributed by atoms with E-state index in [1.54, 1.807) is 19.9 Å². The van der Waals surface area contributed by atoms with Crippen molar-refractivity contribution < 1.29 is 18.6 Å². The number of hydrogen-bond donors (Lipinski definition) is 2. The summed E-state index contributed by atoms with van der Waals surface area (Å²) in [7, 11) is -2.35. The lowest BCUT2D eigenvalue weighted by Crippen LogP contribution is -2.36. The quantitative estimate of drug-likeness (QED) is 0.848. The number of sulfonamides is 1. The zero-order valence-electron chi connectivity index (χ0n) is 11.1. The Bertz CT molecular complexity index is 559. The van der Waals surface area contributed by atoms with Gasteiger partial charge in [0.2, 0.25) is 10.0 Å². The van der Waals surface area contributed by atoms with Crippen molar-refractivity contribution >= 4 is 21.6 Å². The predicted molar refractivity (Wildman–Crippen MR) is 73.8 cm³/mol. The predicted octanol–water partition coefficient (Wildman–Crippen LogP) is 0.931. The summed E-state index contributed by atoms with van der Waals surface area (Å²) in [5.41, 5.74) is 1.21. The standard InChI is InChI=1S/C12H18ClNO4S/c1-8-5-12(9(2)4-11(8)13)19(17,18)14(3)6-10(16)7-15/h4-5,10,15-16H,6-7H2,1-3H3. The Morgan fingerprint density at radius 1 is 1.32 bits per heavy atom. The minimum Gasteiger partial charge on any atom is -0.394 e. The van der Waals surface area contributed by atoms with Crippen molar-refractivity contribution in [2.24, 2.45) is 0 Å². The Balaban J connectivity index is 3.17. The van der Waals surface area contributed by atoms with E-state index in [1.807, 2.05) is 0 Å². The van der Waals surface area contributed by atoms with Crippen molar-refractivity contribution in [1.29, 1.82) is 0 Å². The molecule has 1 atom stereocenters. The third-order valence-electron chi connectivity index (χ3n) is 2.82. The molecule has 0 saturated carbocycles. The van der Waals surface area contributed by atoms with Gasteiger partial charge in [0.1, 0.15) is 0 Å². The van der Waals surface area contributed by atoms with E-state index in [0.29, 0.717) is 16.1 Å². The molecule has 0 heterocycles. The molecule has 0 amide bonds. The molecule has 1 rings (SSSR count). The summed E-state index contributed by atoms with van der Waals surface area (Å²) in [4.78, 5) is 0.155. The first-order chi connectivity index (χ1) is 8.70. The van der Waals surface area contributed by atoms with Crippen LogP contribution < -0.4 is 0 Å². The first-order valence-corrected chi connectivity index (χ1v) is 7.54. The van der Waals surface area contributed by atoms with E-state index in [0.717, 1.165) is 4.31 Å². The van der Waals surface area contributed by atoms with Gasteiger partial charge in [0, 0.05) is 18.6 Å². The zero-order valence-corrected chi connectivity index (χ0v) is 12.7. The van der Waals surface area contributed by atoms with Crippen molar-refractivity contribution in [3.05, 3.63) is 28.3 Å². The Hall–Kier alpha value is -0.660. The summed E-state index contributed by atoms with van der Waals surface area (Å²) in [5.74, 6) is 0. The molecule has 0 spiro atoms. The highest BCUT2D eigenvalue weighted by molar-refractivity contribution is 7.89. The van der Waals surface area contributed by atoms with E-state index >= 15 is 0 Å². The van der Waals surface area contributed by atoms with E-state index < -0.39 is 22.7 Å². The number of benzene rings is 1. The fraction of sp³-hybridized carbons (Fsp3) is 0.500. The molecule has 1 aromatic rings. The molecule has 108 valence electrons. The second kappa shape index (κ2) is 6.19. The van der Waals surface area contributed by atoms with Gasteiger partial charge in [0.15, 0.2) is 0 Å². The minimum absolute atomic E-state index is 0.155. The average Bonchev–Trinajstić information content (AvgIpc) is 2.33. The SMILES string of the molecule is Cc1cc(S(=O)(=O)N(C)CC(O)CO)c(C)cc1Cl. The number of aryl methyl sites for hydroxylation is 2. The lowest BCUT2D eigenvalue weighted by atomic mass is 10.2. The van der Waals surface area contributed by atoms with Crippen LogP contribution in [0.2, 0.25) is 5.02 Å². The third-order valence-corrected chi connectivity index (χ3v) is 5.20. The molecule has 0 fully saturated rings. The minimum atomic E-state index is -3.71. The summed E-state index contributed by atoms with van der Waals surface area (Å²) in [6.45, 7) is 2.73. The van der Waals surface area contributed by atoms with E-state index in [2.05, 4.69) is 0 Å². The van der Waals surface area contributed by atoms with E-state index in [9.17, 15) is 13.5 Å². The van der Waals surface area contributed by atoms with Crippen LogP contribution in [0, 0.1) is 13.8 Å². The Morgan fingerprint density at radius 3 is 2.42 bits per heavy atom. The van der Waals surface area contributed by atoms with E-state index in [1.165, 1.54) is 13.1 Å². The van der Waals surface area contributed by atoms with Gasteiger partial charge in [-0.15, -0.1) is 0 Å². The normalized spacial score (nSPS) is 13.8. The topological polar surface area (TPSA) is 77.8 Å². The first-order valence-electron chi connectivity index (χ1n) is 5.72. The van der Waals surface area contributed by atoms with Crippen molar-refractivity contribution in [3.63, 3.8) is 0 Å². The van der Waals surface area contributed by atoms with Crippen LogP contribution in [-0.2, 0) is 10.0 Å². The second-order valence-corrected chi connectivity index (χ2v) is 6.91. The molecular weight excluding hydrogens is 290 g/mol. The van der Waals surface area contributed by atoms with Crippen molar-refractivity contribution in [1.82, 2.24) is 4.31 Å². The molecule has 0 aliphatic heterocycles. The van der Waals surface area contributed by atoms with Crippen LogP contribution in [0.4, 0.5) is 0 Å². The molecule has 0 aliphatic rings. The highest BCUT2D eigenvalue weighted by atomic mass is 35.5. The second-order valence-electron chi connectivity index (χ2n) is 4.49. The summed E-state index contributed by atoms with van der Waals surface area (Å²) in [5, 5.41) is 18.6. The van der Waals surface area contributed by atoms with Gasteiger partial charge in [-0.3, -0.25) is 0 Å². The first kappa shape index (κ1) is 16.4. The molecule has 0 radical (unpaired) electrons. The Morgan fingerprint density at radius 2 is 1.89 bits per heavy atom. The van der Waals surface area contributed by atoms with Gasteiger partial charge < -0.3 is 10.2 Å². The van der Waals surface area contributed by atoms with Gasteiger partial charge in [-0.2, -0.15) is 4.31 Å². The van der Waals surface area contributed by atoms with Gasteiger partial charge in [-0.25, -0.2) is 8.42 Å². The summed E-state index contributed by atoms with van der Waals surface area (Å²) in [6, 6.07) is 3.11. The molecule has 19 heavy (non-hydrogen) atoms. The monoisotopic (exact) mass is 307 g/mol. The van der Waals surface area contributed by atoms with Crippen LogP contribution in [0.15, 0.2) is 17.0 Å². The molecular formula is C12H18ClNO4S. The number of halogens is 1. The number of aliphatic hydroxyl groups excluding tert-OH is 2. The lowest BCUT2D eigenvalue weighted by Gasteiger charge is -2.21. The number of aliphatic hydroxyl groups is 2. The molecule has 0 aromatic heterocycles. The van der Waals surface area contributed by atoms with E-state index in [4.69, 9.17) is 16.7 Å². The van der Waals surface area contributed by atoms with Crippen LogP contribution in [0.25, 0.3) is 0 Å². The zero-order chi connectivity index (χ0) is 14.8. The summed E-state index contributed by atoms with van der Waals surface area (Å²) >= 11 is 5.94. The maximum absolute atomic E-state index is 12.4. The molecule has 0 saturated heterocycles. The fourth-order valence-corrected chi connectivity index (χ4v) is 3.37. The highest BCUT2D eigenvalue weighted by Gasteiger charge is 2.25. The van der Waals surface area contributed by atoms with Gasteiger partial charge in [-0.1, -0.05) is 11.6 Å². The number of rotatable bonds is 5. The summed E-state index contributed by atoms with van der Waals surface area (Å²) < 4.78 is 25.7. The van der Waals surface area contributed by atoms with Crippen LogP contribution >= 0.6 is 11.6 Å². The third kappa shape index (κ3) is 3.67. The van der Waals surface area contributed by atoms with Gasteiger partial charge in [0.05, 0.1) is 17.6 Å². The van der Waals surface area contributed by atoms with Crippen LogP contribution in [0.3, 0.4) is 0 Å². The molecule has 0 aliphatic carbocycles. The molecule has 7 heteroatoms. The van der Waals surface area contributed by atoms with Gasteiger partial charge >= 0.3 is 0 Å². The maximum Gasteiger partial charge on any atom is 0.243 e. The molecule has 1 unspecified atom stereocenters. The van der Waals surface area contributed by atoms with E-state index in [-0.39, 0.29) is 11.4 Å². The Labute approximate surface area is 118 Å². The van der Waals surface area contributed by atoms with Crippen LogP contribution in [0.1, 0.15) is 11.1 Å². The number of nitrogens with zero attached hydrogens (tertiary/aromatic N) is 1. The van der Waals surface area contributed by atoms with Gasteiger partial charge in [0.25, 0.3) is 0 Å². The maximum atomic E-state index is 12.4. The molecule has 2 N–H and O–H groups in total. The van der Waals surface area contributed by atoms with Crippen LogP contribution in [0.5, 0.6) is 0 Å². The molecule has 5 nitrogen and oxygen atoms in total. The highest BCUT2D eigenvalue weighted by Crippen LogP contribution is 2.25. The largest absolute Gasteiger partial charge is 0.394 e. The summed E-state index contributed by atoms with van der Waals surface area (Å²) in [6.07, 6.45) is -1.10. The van der Waals surface area contributed by atoms with Crippen LogP contribution in [-0.4, -0.2) is 49.2 Å². The number of likely N-dealkylation sites (N-methyl/N-ethyl adjacent to an activating group) is 1. The smallest absolute Gasteiger partial charge is 0.243 e. The van der Waals surface area contributed by atoms with Crippen molar-refractivity contribution in [2.75, 3.05) is 20.2 Å².